The molecule has 1 aliphatic rings. The van der Waals surface area contributed by atoms with Gasteiger partial charge in [-0.3, -0.25) is 0 Å². The lowest BCUT2D eigenvalue weighted by Crippen LogP contribution is -2.37. The van der Waals surface area contributed by atoms with Crippen LogP contribution in [0.2, 0.25) is 0 Å². The van der Waals surface area contributed by atoms with Gasteiger partial charge in [0, 0.05) is 37.2 Å². The number of likely N-dealkylation sites (tertiary alicyclic amines) is 1. The zero-order valence-corrected chi connectivity index (χ0v) is 12.6. The van der Waals surface area contributed by atoms with E-state index in [1.54, 1.807) is 0 Å². The van der Waals surface area contributed by atoms with Crippen LogP contribution in [-0.4, -0.2) is 36.1 Å². The molecule has 0 aliphatic carbocycles. The fourth-order valence-electron chi connectivity index (χ4n) is 3.42. The van der Waals surface area contributed by atoms with Gasteiger partial charge in [0.1, 0.15) is 0 Å². The standard InChI is InChI=1S/C17H25N3/c1-19-9-5-6-14(12-19)10-18-11-15-13-20(2)17-8-4-3-7-16(15)17/h3-4,7-8,13-14,18H,5-6,9-12H2,1-2H3. The number of hydrogen-bond acceptors (Lipinski definition) is 2. The zero-order chi connectivity index (χ0) is 13.9. The average Bonchev–Trinajstić information content (AvgIpc) is 2.77. The normalized spacial score (nSPS) is 20.6. The van der Waals surface area contributed by atoms with Gasteiger partial charge in [0.15, 0.2) is 0 Å². The highest BCUT2D eigenvalue weighted by Crippen LogP contribution is 2.20. The molecule has 1 fully saturated rings. The molecule has 1 saturated heterocycles. The minimum atomic E-state index is 0.809. The van der Waals surface area contributed by atoms with Crippen LogP contribution in [0.3, 0.4) is 0 Å². The van der Waals surface area contributed by atoms with Gasteiger partial charge in [-0.1, -0.05) is 18.2 Å². The Morgan fingerprint density at radius 3 is 2.95 bits per heavy atom. The average molecular weight is 271 g/mol. The molecule has 108 valence electrons. The Bertz CT molecular complexity index is 573. The SMILES string of the molecule is CN1CCCC(CNCc2cn(C)c3ccccc23)C1. The molecule has 2 aromatic rings. The van der Waals surface area contributed by atoms with Crippen molar-refractivity contribution in [3.63, 3.8) is 0 Å². The van der Waals surface area contributed by atoms with E-state index in [2.05, 4.69) is 59.3 Å². The van der Waals surface area contributed by atoms with E-state index in [0.29, 0.717) is 0 Å². The van der Waals surface area contributed by atoms with Gasteiger partial charge in [-0.05, 0) is 50.5 Å². The van der Waals surface area contributed by atoms with Crippen LogP contribution in [0.25, 0.3) is 10.9 Å². The fraction of sp³-hybridized carbons (Fsp3) is 0.529. The van der Waals surface area contributed by atoms with Crippen molar-refractivity contribution >= 4 is 10.9 Å². The Kier molecular flexibility index (Phi) is 4.08. The van der Waals surface area contributed by atoms with Crippen LogP contribution in [-0.2, 0) is 13.6 Å². The molecule has 1 unspecified atom stereocenters. The first-order valence-corrected chi connectivity index (χ1v) is 7.66. The lowest BCUT2D eigenvalue weighted by Gasteiger charge is -2.29. The highest BCUT2D eigenvalue weighted by atomic mass is 15.1. The van der Waals surface area contributed by atoms with E-state index in [-0.39, 0.29) is 0 Å². The molecule has 0 spiro atoms. The second kappa shape index (κ2) is 5.98. The van der Waals surface area contributed by atoms with Crippen molar-refractivity contribution < 1.29 is 0 Å². The Morgan fingerprint density at radius 2 is 2.10 bits per heavy atom. The summed E-state index contributed by atoms with van der Waals surface area (Å²) < 4.78 is 2.22. The largest absolute Gasteiger partial charge is 0.350 e. The van der Waals surface area contributed by atoms with Crippen molar-refractivity contribution in [2.24, 2.45) is 13.0 Å². The zero-order valence-electron chi connectivity index (χ0n) is 12.6. The second-order valence-electron chi connectivity index (χ2n) is 6.18. The van der Waals surface area contributed by atoms with Crippen molar-refractivity contribution in [1.82, 2.24) is 14.8 Å². The third kappa shape index (κ3) is 2.89. The van der Waals surface area contributed by atoms with Crippen LogP contribution >= 0.6 is 0 Å². The highest BCUT2D eigenvalue weighted by molar-refractivity contribution is 5.83. The molecule has 1 aromatic carbocycles. The summed E-state index contributed by atoms with van der Waals surface area (Å²) >= 11 is 0. The van der Waals surface area contributed by atoms with Crippen LogP contribution < -0.4 is 5.32 Å². The molecule has 20 heavy (non-hydrogen) atoms. The summed E-state index contributed by atoms with van der Waals surface area (Å²) in [4.78, 5) is 2.45. The number of aromatic nitrogens is 1. The molecule has 0 amide bonds. The summed E-state index contributed by atoms with van der Waals surface area (Å²) in [7, 11) is 4.36. The summed E-state index contributed by atoms with van der Waals surface area (Å²) in [6, 6.07) is 8.65. The molecule has 2 heterocycles. The molecular weight excluding hydrogens is 246 g/mol. The minimum Gasteiger partial charge on any atom is -0.350 e. The summed E-state index contributed by atoms with van der Waals surface area (Å²) in [6.45, 7) is 4.61. The smallest absolute Gasteiger partial charge is 0.0481 e. The molecule has 0 saturated carbocycles. The van der Waals surface area contributed by atoms with E-state index in [0.717, 1.165) is 19.0 Å². The molecule has 3 heteroatoms. The fourth-order valence-corrected chi connectivity index (χ4v) is 3.42. The number of para-hydroxylation sites is 1. The molecule has 0 bridgehead atoms. The summed E-state index contributed by atoms with van der Waals surface area (Å²) in [5, 5.41) is 5.04. The summed E-state index contributed by atoms with van der Waals surface area (Å²) in [5.41, 5.74) is 2.73. The Hall–Kier alpha value is -1.32. The predicted molar refractivity (Wildman–Crippen MR) is 84.8 cm³/mol. The number of hydrogen-bond donors (Lipinski definition) is 1. The molecule has 3 nitrogen and oxygen atoms in total. The van der Waals surface area contributed by atoms with Crippen LogP contribution in [0.1, 0.15) is 18.4 Å². The molecule has 1 N–H and O–H groups in total. The van der Waals surface area contributed by atoms with E-state index in [9.17, 15) is 0 Å². The third-order valence-electron chi connectivity index (χ3n) is 4.45. The molecule has 3 rings (SSSR count). The number of nitrogens with zero attached hydrogens (tertiary/aromatic N) is 2. The van der Waals surface area contributed by atoms with Crippen molar-refractivity contribution in [3.8, 4) is 0 Å². The van der Waals surface area contributed by atoms with Crippen molar-refractivity contribution in [3.05, 3.63) is 36.0 Å². The number of nitrogens with one attached hydrogen (secondary N) is 1. The maximum Gasteiger partial charge on any atom is 0.0481 e. The number of benzene rings is 1. The first-order chi connectivity index (χ1) is 9.74. The van der Waals surface area contributed by atoms with Crippen LogP contribution in [0, 0.1) is 5.92 Å². The quantitative estimate of drug-likeness (QED) is 0.922. The Labute approximate surface area is 121 Å². The molecule has 0 radical (unpaired) electrons. The Morgan fingerprint density at radius 1 is 1.25 bits per heavy atom. The summed E-state index contributed by atoms with van der Waals surface area (Å²) in [6.07, 6.45) is 4.97. The molecule has 1 aromatic heterocycles. The minimum absolute atomic E-state index is 0.809. The summed E-state index contributed by atoms with van der Waals surface area (Å²) in [5.74, 6) is 0.809. The van der Waals surface area contributed by atoms with Crippen LogP contribution in [0.15, 0.2) is 30.5 Å². The van der Waals surface area contributed by atoms with Crippen LogP contribution in [0.4, 0.5) is 0 Å². The number of rotatable bonds is 4. The van der Waals surface area contributed by atoms with Gasteiger partial charge in [-0.25, -0.2) is 0 Å². The van der Waals surface area contributed by atoms with E-state index in [1.165, 1.54) is 42.4 Å². The Balaban J connectivity index is 1.60. The van der Waals surface area contributed by atoms with E-state index >= 15 is 0 Å². The van der Waals surface area contributed by atoms with Gasteiger partial charge in [0.25, 0.3) is 0 Å². The van der Waals surface area contributed by atoms with Gasteiger partial charge < -0.3 is 14.8 Å². The lowest BCUT2D eigenvalue weighted by molar-refractivity contribution is 0.206. The second-order valence-corrected chi connectivity index (χ2v) is 6.18. The molecule has 1 atom stereocenters. The topological polar surface area (TPSA) is 20.2 Å². The maximum atomic E-state index is 3.66. The number of fused-ring (bicyclic) bond motifs is 1. The van der Waals surface area contributed by atoms with E-state index in [1.807, 2.05) is 0 Å². The lowest BCUT2D eigenvalue weighted by atomic mass is 9.98. The maximum absolute atomic E-state index is 3.66. The predicted octanol–water partition coefficient (Wildman–Crippen LogP) is 2.61. The van der Waals surface area contributed by atoms with Crippen molar-refractivity contribution in [2.45, 2.75) is 19.4 Å². The first kappa shape index (κ1) is 13.7. The van der Waals surface area contributed by atoms with Gasteiger partial charge in [-0.15, -0.1) is 0 Å². The van der Waals surface area contributed by atoms with E-state index in [4.69, 9.17) is 0 Å². The van der Waals surface area contributed by atoms with Gasteiger partial charge >= 0.3 is 0 Å². The first-order valence-electron chi connectivity index (χ1n) is 7.66. The molecule has 1 aliphatic heterocycles. The van der Waals surface area contributed by atoms with E-state index < -0.39 is 0 Å². The molecular formula is C17H25N3. The number of aryl methyl sites for hydroxylation is 1. The van der Waals surface area contributed by atoms with Gasteiger partial charge in [0.05, 0.1) is 0 Å². The highest BCUT2D eigenvalue weighted by Gasteiger charge is 2.16. The van der Waals surface area contributed by atoms with Gasteiger partial charge in [0.2, 0.25) is 0 Å². The number of piperidine rings is 1. The van der Waals surface area contributed by atoms with Gasteiger partial charge in [-0.2, -0.15) is 0 Å². The van der Waals surface area contributed by atoms with Crippen LogP contribution in [0.5, 0.6) is 0 Å². The van der Waals surface area contributed by atoms with Crippen molar-refractivity contribution in [2.75, 3.05) is 26.7 Å². The third-order valence-corrected chi connectivity index (χ3v) is 4.45. The van der Waals surface area contributed by atoms with Crippen molar-refractivity contribution in [1.29, 1.82) is 0 Å². The monoisotopic (exact) mass is 271 g/mol.